The lowest BCUT2D eigenvalue weighted by Gasteiger charge is -2.10. The van der Waals surface area contributed by atoms with Crippen LogP contribution in [0.1, 0.15) is 16.8 Å². The standard InChI is InChI=1S/C22H19BrN2O/c1-15-12-18(23)14-25-19(13-17-10-6-7-11-20(17)26-2)21(24-22(15)25)16-8-4-3-5-9-16/h3-12,14H,13H2,1-2H3. The van der Waals surface area contributed by atoms with E-state index < -0.39 is 0 Å². The number of benzene rings is 2. The molecule has 4 heteroatoms. The fourth-order valence-electron chi connectivity index (χ4n) is 3.34. The van der Waals surface area contributed by atoms with Crippen molar-refractivity contribution in [3.63, 3.8) is 0 Å². The summed E-state index contributed by atoms with van der Waals surface area (Å²) in [4.78, 5) is 4.98. The van der Waals surface area contributed by atoms with Crippen molar-refractivity contribution in [2.75, 3.05) is 7.11 Å². The van der Waals surface area contributed by atoms with Crippen molar-refractivity contribution >= 4 is 21.6 Å². The predicted octanol–water partition coefficient (Wildman–Crippen LogP) is 5.67. The molecule has 2 heterocycles. The van der Waals surface area contributed by atoms with Crippen LogP contribution in [-0.4, -0.2) is 16.5 Å². The summed E-state index contributed by atoms with van der Waals surface area (Å²) in [6.07, 6.45) is 2.83. The number of imidazole rings is 1. The van der Waals surface area contributed by atoms with Gasteiger partial charge in [0.2, 0.25) is 0 Å². The summed E-state index contributed by atoms with van der Waals surface area (Å²) >= 11 is 3.62. The first kappa shape index (κ1) is 16.9. The number of pyridine rings is 1. The van der Waals surface area contributed by atoms with Crippen molar-refractivity contribution in [2.45, 2.75) is 13.3 Å². The SMILES string of the molecule is COc1ccccc1Cc1c(-c2ccccc2)nc2c(C)cc(Br)cn12. The van der Waals surface area contributed by atoms with E-state index in [0.29, 0.717) is 0 Å². The summed E-state index contributed by atoms with van der Waals surface area (Å²) in [5.74, 6) is 0.896. The lowest BCUT2D eigenvalue weighted by Crippen LogP contribution is -1.99. The minimum atomic E-state index is 0.741. The van der Waals surface area contributed by atoms with Gasteiger partial charge >= 0.3 is 0 Å². The largest absolute Gasteiger partial charge is 0.496 e. The fourth-order valence-corrected chi connectivity index (χ4v) is 3.89. The van der Waals surface area contributed by atoms with Crippen LogP contribution < -0.4 is 4.74 Å². The molecular weight excluding hydrogens is 388 g/mol. The van der Waals surface area contributed by atoms with Crippen LogP contribution in [0.2, 0.25) is 0 Å². The molecule has 0 radical (unpaired) electrons. The Kier molecular flexibility index (Phi) is 4.51. The van der Waals surface area contributed by atoms with Crippen molar-refractivity contribution in [1.29, 1.82) is 0 Å². The molecule has 0 saturated carbocycles. The van der Waals surface area contributed by atoms with Crippen LogP contribution >= 0.6 is 15.9 Å². The van der Waals surface area contributed by atoms with Gasteiger partial charge in [-0.2, -0.15) is 0 Å². The van der Waals surface area contributed by atoms with Crippen LogP contribution in [0.3, 0.4) is 0 Å². The number of para-hydroxylation sites is 1. The molecular formula is C22H19BrN2O. The molecule has 0 aliphatic heterocycles. The minimum absolute atomic E-state index is 0.741. The van der Waals surface area contributed by atoms with Gasteiger partial charge in [0.25, 0.3) is 0 Å². The van der Waals surface area contributed by atoms with Crippen molar-refractivity contribution in [3.8, 4) is 17.0 Å². The van der Waals surface area contributed by atoms with Crippen molar-refractivity contribution in [1.82, 2.24) is 9.38 Å². The third-order valence-electron chi connectivity index (χ3n) is 4.57. The van der Waals surface area contributed by atoms with E-state index in [0.717, 1.165) is 50.4 Å². The van der Waals surface area contributed by atoms with Crippen LogP contribution in [0.25, 0.3) is 16.9 Å². The molecule has 0 unspecified atom stereocenters. The molecule has 4 aromatic rings. The van der Waals surface area contributed by atoms with E-state index in [9.17, 15) is 0 Å². The topological polar surface area (TPSA) is 26.5 Å². The van der Waals surface area contributed by atoms with Gasteiger partial charge in [-0.25, -0.2) is 4.98 Å². The van der Waals surface area contributed by atoms with Crippen molar-refractivity contribution in [2.24, 2.45) is 0 Å². The van der Waals surface area contributed by atoms with Crippen LogP contribution in [-0.2, 0) is 6.42 Å². The molecule has 0 aliphatic rings. The van der Waals surface area contributed by atoms with E-state index in [1.54, 1.807) is 7.11 Å². The number of methoxy groups -OCH3 is 1. The highest BCUT2D eigenvalue weighted by Crippen LogP contribution is 2.31. The predicted molar refractivity (Wildman–Crippen MR) is 109 cm³/mol. The Morgan fingerprint density at radius 1 is 1.04 bits per heavy atom. The van der Waals surface area contributed by atoms with Crippen LogP contribution in [0, 0.1) is 6.92 Å². The number of nitrogens with zero attached hydrogens (tertiary/aromatic N) is 2. The maximum absolute atomic E-state index is 5.56. The maximum atomic E-state index is 5.56. The van der Waals surface area contributed by atoms with E-state index >= 15 is 0 Å². The monoisotopic (exact) mass is 406 g/mol. The third-order valence-corrected chi connectivity index (χ3v) is 5.00. The summed E-state index contributed by atoms with van der Waals surface area (Å²) in [5.41, 5.74) is 6.56. The third kappa shape index (κ3) is 3.01. The average Bonchev–Trinajstić information content (AvgIpc) is 3.02. The molecule has 2 aromatic heterocycles. The Labute approximate surface area is 161 Å². The molecule has 0 N–H and O–H groups in total. The first-order valence-corrected chi connectivity index (χ1v) is 9.31. The van der Waals surface area contributed by atoms with Gasteiger partial charge in [-0.15, -0.1) is 0 Å². The lowest BCUT2D eigenvalue weighted by molar-refractivity contribution is 0.410. The Bertz CT molecular complexity index is 1070. The molecule has 0 bridgehead atoms. The molecule has 0 aliphatic carbocycles. The minimum Gasteiger partial charge on any atom is -0.496 e. The number of aromatic nitrogens is 2. The average molecular weight is 407 g/mol. The second kappa shape index (κ2) is 6.96. The lowest BCUT2D eigenvalue weighted by atomic mass is 10.0. The summed E-state index contributed by atoms with van der Waals surface area (Å²) in [7, 11) is 1.71. The van der Waals surface area contributed by atoms with Crippen LogP contribution in [0.4, 0.5) is 0 Å². The molecule has 4 rings (SSSR count). The van der Waals surface area contributed by atoms with Gasteiger partial charge in [-0.1, -0.05) is 48.5 Å². The van der Waals surface area contributed by atoms with Gasteiger partial charge < -0.3 is 9.14 Å². The van der Waals surface area contributed by atoms with E-state index in [4.69, 9.17) is 9.72 Å². The number of hydrogen-bond acceptors (Lipinski definition) is 2. The zero-order chi connectivity index (χ0) is 18.1. The Morgan fingerprint density at radius 2 is 1.77 bits per heavy atom. The van der Waals surface area contributed by atoms with Gasteiger partial charge in [0.1, 0.15) is 11.4 Å². The Morgan fingerprint density at radius 3 is 2.54 bits per heavy atom. The smallest absolute Gasteiger partial charge is 0.140 e. The zero-order valence-corrected chi connectivity index (χ0v) is 16.3. The maximum Gasteiger partial charge on any atom is 0.140 e. The summed E-state index contributed by atoms with van der Waals surface area (Å²) in [5, 5.41) is 0. The molecule has 2 aromatic carbocycles. The Balaban J connectivity index is 1.96. The first-order valence-electron chi connectivity index (χ1n) is 8.52. The summed E-state index contributed by atoms with van der Waals surface area (Å²) in [6, 6.07) is 20.6. The van der Waals surface area contributed by atoms with Crippen molar-refractivity contribution in [3.05, 3.63) is 88.2 Å². The highest BCUT2D eigenvalue weighted by atomic mass is 79.9. The molecule has 0 fully saturated rings. The molecule has 130 valence electrons. The summed E-state index contributed by atoms with van der Waals surface area (Å²) < 4.78 is 8.79. The molecule has 0 amide bonds. The van der Waals surface area contributed by atoms with Gasteiger partial charge in [0.05, 0.1) is 18.5 Å². The number of aryl methyl sites for hydroxylation is 1. The quantitative estimate of drug-likeness (QED) is 0.436. The number of ether oxygens (including phenoxy) is 1. The van der Waals surface area contributed by atoms with Gasteiger partial charge in [0, 0.05) is 28.2 Å². The number of fused-ring (bicyclic) bond motifs is 1. The molecule has 0 spiro atoms. The van der Waals surface area contributed by atoms with Crippen LogP contribution in [0.5, 0.6) is 5.75 Å². The van der Waals surface area contributed by atoms with E-state index in [1.807, 2.05) is 24.3 Å². The normalized spacial score (nSPS) is 11.0. The van der Waals surface area contributed by atoms with Gasteiger partial charge in [-0.05, 0) is 40.5 Å². The molecule has 3 nitrogen and oxygen atoms in total. The molecule has 0 atom stereocenters. The van der Waals surface area contributed by atoms with Crippen molar-refractivity contribution < 1.29 is 4.74 Å². The second-order valence-corrected chi connectivity index (χ2v) is 7.21. The summed E-state index contributed by atoms with van der Waals surface area (Å²) in [6.45, 7) is 2.09. The number of rotatable bonds is 4. The first-order chi connectivity index (χ1) is 12.7. The van der Waals surface area contributed by atoms with Gasteiger partial charge in [-0.3, -0.25) is 0 Å². The van der Waals surface area contributed by atoms with E-state index in [1.165, 1.54) is 0 Å². The highest BCUT2D eigenvalue weighted by molar-refractivity contribution is 9.10. The highest BCUT2D eigenvalue weighted by Gasteiger charge is 2.17. The van der Waals surface area contributed by atoms with Crippen LogP contribution in [0.15, 0.2) is 71.3 Å². The zero-order valence-electron chi connectivity index (χ0n) is 14.7. The van der Waals surface area contributed by atoms with E-state index in [-0.39, 0.29) is 0 Å². The Hall–Kier alpha value is -2.59. The number of halogens is 1. The molecule has 26 heavy (non-hydrogen) atoms. The van der Waals surface area contributed by atoms with Gasteiger partial charge in [0.15, 0.2) is 0 Å². The number of hydrogen-bond donors (Lipinski definition) is 0. The van der Waals surface area contributed by atoms with E-state index in [2.05, 4.69) is 69.8 Å². The second-order valence-electron chi connectivity index (χ2n) is 6.30. The fraction of sp³-hybridized carbons (Fsp3) is 0.136. The molecule has 0 saturated heterocycles.